The van der Waals surface area contributed by atoms with Gasteiger partial charge in [-0.3, -0.25) is 0 Å². The Bertz CT molecular complexity index is 525. The van der Waals surface area contributed by atoms with Crippen LogP contribution in [0.15, 0.2) is 22.6 Å². The van der Waals surface area contributed by atoms with Gasteiger partial charge in [0.1, 0.15) is 11.6 Å². The van der Waals surface area contributed by atoms with E-state index in [0.29, 0.717) is 23.1 Å². The van der Waals surface area contributed by atoms with E-state index < -0.39 is 6.10 Å². The zero-order valence-corrected chi connectivity index (χ0v) is 9.90. The lowest BCUT2D eigenvalue weighted by molar-refractivity contribution is 0.186. The molecule has 0 bridgehead atoms. The van der Waals surface area contributed by atoms with Gasteiger partial charge in [0.2, 0.25) is 5.89 Å². The Morgan fingerprint density at radius 2 is 2.06 bits per heavy atom. The summed E-state index contributed by atoms with van der Waals surface area (Å²) in [6.07, 6.45) is -0.404. The fourth-order valence-corrected chi connectivity index (χ4v) is 1.38. The summed E-state index contributed by atoms with van der Waals surface area (Å²) in [5, 5.41) is 7.56. The third-order valence-corrected chi connectivity index (χ3v) is 2.35. The van der Waals surface area contributed by atoms with Gasteiger partial charge in [-0.15, -0.1) is 10.2 Å². The summed E-state index contributed by atoms with van der Waals surface area (Å²) < 4.78 is 24.0. The molecule has 0 radical (unpaired) electrons. The molecule has 0 fully saturated rings. The molecule has 5 heteroatoms. The molecular formula is C12H13FN2O2. The Hall–Kier alpha value is -1.91. The average Bonchev–Trinajstić information content (AvgIpc) is 2.70. The van der Waals surface area contributed by atoms with Crippen LogP contribution in [0.4, 0.5) is 4.39 Å². The van der Waals surface area contributed by atoms with Crippen molar-refractivity contribution in [3.63, 3.8) is 0 Å². The van der Waals surface area contributed by atoms with Gasteiger partial charge in [-0.2, -0.15) is 0 Å². The quantitative estimate of drug-likeness (QED) is 0.822. The molecule has 1 aromatic carbocycles. The maximum Gasteiger partial charge on any atom is 0.256 e. The van der Waals surface area contributed by atoms with Crippen molar-refractivity contribution in [2.24, 2.45) is 0 Å². The monoisotopic (exact) mass is 236 g/mol. The molecule has 0 aliphatic carbocycles. The molecule has 2 rings (SSSR count). The minimum absolute atomic E-state index is 0.295. The van der Waals surface area contributed by atoms with Crippen LogP contribution in [0.1, 0.15) is 30.4 Å². The topological polar surface area (TPSA) is 48.2 Å². The molecule has 0 N–H and O–H groups in total. The maximum absolute atomic E-state index is 13.3. The second-order valence-electron chi connectivity index (χ2n) is 3.83. The highest BCUT2D eigenvalue weighted by Gasteiger charge is 2.14. The second kappa shape index (κ2) is 4.53. The molecule has 1 aromatic heterocycles. The van der Waals surface area contributed by atoms with Gasteiger partial charge in [-0.25, -0.2) is 4.39 Å². The first-order valence-electron chi connectivity index (χ1n) is 5.29. The number of hydrogen-bond acceptors (Lipinski definition) is 4. The summed E-state index contributed by atoms with van der Waals surface area (Å²) in [4.78, 5) is 0. The van der Waals surface area contributed by atoms with Crippen molar-refractivity contribution in [2.75, 3.05) is 0 Å². The Labute approximate surface area is 98.4 Å². The lowest BCUT2D eigenvalue weighted by Crippen LogP contribution is -2.04. The van der Waals surface area contributed by atoms with Gasteiger partial charge in [0.05, 0.1) is 0 Å². The van der Waals surface area contributed by atoms with Crippen LogP contribution in [0.2, 0.25) is 0 Å². The van der Waals surface area contributed by atoms with E-state index in [0.717, 1.165) is 0 Å². The van der Waals surface area contributed by atoms with E-state index in [1.54, 1.807) is 32.9 Å². The molecule has 1 heterocycles. The third kappa shape index (κ3) is 2.61. The zero-order valence-electron chi connectivity index (χ0n) is 9.90. The molecule has 17 heavy (non-hydrogen) atoms. The molecule has 4 nitrogen and oxygen atoms in total. The highest BCUT2D eigenvalue weighted by Crippen LogP contribution is 2.22. The van der Waals surface area contributed by atoms with Crippen LogP contribution in [0, 0.1) is 19.7 Å². The van der Waals surface area contributed by atoms with Crippen LogP contribution in [0.5, 0.6) is 5.75 Å². The summed E-state index contributed by atoms with van der Waals surface area (Å²) in [6.45, 7) is 5.17. The van der Waals surface area contributed by atoms with Gasteiger partial charge in [-0.1, -0.05) is 6.07 Å². The predicted molar refractivity (Wildman–Crippen MR) is 59.2 cm³/mol. The SMILES string of the molecule is Cc1nnc([C@@H](C)Oc2ccc(C)c(F)c2)o1. The van der Waals surface area contributed by atoms with Gasteiger partial charge in [0, 0.05) is 13.0 Å². The van der Waals surface area contributed by atoms with E-state index >= 15 is 0 Å². The normalized spacial score (nSPS) is 12.5. The molecule has 2 aromatic rings. The fraction of sp³-hybridized carbons (Fsp3) is 0.333. The third-order valence-electron chi connectivity index (χ3n) is 2.35. The molecule has 0 saturated carbocycles. The minimum Gasteiger partial charge on any atom is -0.481 e. The average molecular weight is 236 g/mol. The van der Waals surface area contributed by atoms with E-state index in [1.807, 2.05) is 0 Å². The van der Waals surface area contributed by atoms with Gasteiger partial charge in [0.15, 0.2) is 6.10 Å². The van der Waals surface area contributed by atoms with E-state index in [9.17, 15) is 4.39 Å². The van der Waals surface area contributed by atoms with Crippen molar-refractivity contribution in [1.82, 2.24) is 10.2 Å². The number of ether oxygens (including phenoxy) is 1. The lowest BCUT2D eigenvalue weighted by atomic mass is 10.2. The van der Waals surface area contributed by atoms with Crippen LogP contribution in [0.25, 0.3) is 0 Å². The standard InChI is InChI=1S/C12H13FN2O2/c1-7-4-5-10(6-11(7)13)16-8(2)12-15-14-9(3)17-12/h4-6,8H,1-3H3/t8-/m1/s1. The molecule has 90 valence electrons. The van der Waals surface area contributed by atoms with Crippen LogP contribution in [-0.2, 0) is 0 Å². The maximum atomic E-state index is 13.3. The number of benzene rings is 1. The molecule has 0 aliphatic rings. The number of halogens is 1. The van der Waals surface area contributed by atoms with Crippen molar-refractivity contribution in [3.8, 4) is 5.75 Å². The highest BCUT2D eigenvalue weighted by molar-refractivity contribution is 5.28. The van der Waals surface area contributed by atoms with Crippen molar-refractivity contribution < 1.29 is 13.5 Å². The van der Waals surface area contributed by atoms with Crippen LogP contribution >= 0.6 is 0 Å². The van der Waals surface area contributed by atoms with Gasteiger partial charge >= 0.3 is 0 Å². The summed E-state index contributed by atoms with van der Waals surface area (Å²) in [5.41, 5.74) is 0.582. The molecule has 0 spiro atoms. The summed E-state index contributed by atoms with van der Waals surface area (Å²) in [7, 11) is 0. The number of hydrogen-bond donors (Lipinski definition) is 0. The summed E-state index contributed by atoms with van der Waals surface area (Å²) >= 11 is 0. The second-order valence-corrected chi connectivity index (χ2v) is 3.83. The smallest absolute Gasteiger partial charge is 0.256 e. The summed E-state index contributed by atoms with van der Waals surface area (Å²) in [6, 6.07) is 4.71. The van der Waals surface area contributed by atoms with Gasteiger partial charge < -0.3 is 9.15 Å². The van der Waals surface area contributed by atoms with E-state index in [-0.39, 0.29) is 5.82 Å². The molecule has 0 aliphatic heterocycles. The van der Waals surface area contributed by atoms with E-state index in [1.165, 1.54) is 6.07 Å². The van der Waals surface area contributed by atoms with E-state index in [2.05, 4.69) is 10.2 Å². The molecule has 0 unspecified atom stereocenters. The number of rotatable bonds is 3. The first kappa shape index (κ1) is 11.6. The lowest BCUT2D eigenvalue weighted by Gasteiger charge is -2.11. The van der Waals surface area contributed by atoms with Crippen LogP contribution in [0.3, 0.4) is 0 Å². The Kier molecular flexibility index (Phi) is 3.08. The van der Waals surface area contributed by atoms with Crippen molar-refractivity contribution in [3.05, 3.63) is 41.4 Å². The number of aryl methyl sites for hydroxylation is 2. The van der Waals surface area contributed by atoms with Crippen molar-refractivity contribution in [1.29, 1.82) is 0 Å². The Balaban J connectivity index is 2.12. The zero-order chi connectivity index (χ0) is 12.4. The Morgan fingerprint density at radius 1 is 1.29 bits per heavy atom. The fourth-order valence-electron chi connectivity index (χ4n) is 1.38. The number of aromatic nitrogens is 2. The largest absolute Gasteiger partial charge is 0.481 e. The van der Waals surface area contributed by atoms with Crippen LogP contribution < -0.4 is 4.74 Å². The molecule has 0 saturated heterocycles. The van der Waals surface area contributed by atoms with Crippen molar-refractivity contribution in [2.45, 2.75) is 26.9 Å². The first-order valence-corrected chi connectivity index (χ1v) is 5.29. The van der Waals surface area contributed by atoms with Crippen molar-refractivity contribution >= 4 is 0 Å². The predicted octanol–water partition coefficient (Wildman–Crippen LogP) is 2.97. The van der Waals surface area contributed by atoms with E-state index in [4.69, 9.17) is 9.15 Å². The van der Waals surface area contributed by atoms with Crippen LogP contribution in [-0.4, -0.2) is 10.2 Å². The minimum atomic E-state index is -0.404. The first-order chi connectivity index (χ1) is 8.06. The van der Waals surface area contributed by atoms with Gasteiger partial charge in [0.25, 0.3) is 5.89 Å². The molecular weight excluding hydrogens is 223 g/mol. The summed E-state index contributed by atoms with van der Waals surface area (Å²) in [5.74, 6) is 1.00. The molecule has 0 amide bonds. The number of nitrogens with zero attached hydrogens (tertiary/aromatic N) is 2. The molecule has 1 atom stereocenters. The Morgan fingerprint density at radius 3 is 2.65 bits per heavy atom. The highest BCUT2D eigenvalue weighted by atomic mass is 19.1. The van der Waals surface area contributed by atoms with Gasteiger partial charge in [-0.05, 0) is 25.5 Å².